The summed E-state index contributed by atoms with van der Waals surface area (Å²) in [6, 6.07) is 5.42. The van der Waals surface area contributed by atoms with Gasteiger partial charge in [-0.1, -0.05) is 11.6 Å². The molecule has 3 atom stereocenters. The van der Waals surface area contributed by atoms with Gasteiger partial charge >= 0.3 is 6.09 Å². The largest absolute Gasteiger partial charge is 0.465 e. The van der Waals surface area contributed by atoms with Crippen LogP contribution in [-0.4, -0.2) is 49.1 Å². The van der Waals surface area contributed by atoms with Gasteiger partial charge in [-0.05, 0) is 31.0 Å². The van der Waals surface area contributed by atoms with Crippen LogP contribution in [0.1, 0.15) is 13.3 Å². The average Bonchev–Trinajstić information content (AvgIpc) is 3.18. The zero-order valence-electron chi connectivity index (χ0n) is 18.0. The normalized spacial score (nSPS) is 17.8. The van der Waals surface area contributed by atoms with E-state index in [9.17, 15) is 24.3 Å². The van der Waals surface area contributed by atoms with Gasteiger partial charge in [-0.3, -0.25) is 14.8 Å². The van der Waals surface area contributed by atoms with Crippen LogP contribution in [0.2, 0.25) is 5.02 Å². The van der Waals surface area contributed by atoms with Gasteiger partial charge in [-0.15, -0.1) is 0 Å². The van der Waals surface area contributed by atoms with Crippen molar-refractivity contribution in [2.45, 2.75) is 25.6 Å². The molecule has 178 valence electrons. The molecule has 3 heterocycles. The molecule has 1 aliphatic carbocycles. The molecule has 0 radical (unpaired) electrons. The van der Waals surface area contributed by atoms with Crippen LogP contribution in [0.5, 0.6) is 0 Å². The smallest absolute Gasteiger partial charge is 0.413 e. The van der Waals surface area contributed by atoms with Crippen molar-refractivity contribution < 1.29 is 23.5 Å². The number of alkyl halides is 1. The minimum atomic E-state index is -1.53. The highest BCUT2D eigenvalue weighted by Crippen LogP contribution is 2.43. The lowest BCUT2D eigenvalue weighted by atomic mass is 10.00. The number of nitrogens with zero attached hydrogens (tertiary/aromatic N) is 5. The van der Waals surface area contributed by atoms with Crippen LogP contribution in [-0.2, 0) is 4.79 Å². The second kappa shape index (κ2) is 8.21. The first kappa shape index (κ1) is 22.5. The van der Waals surface area contributed by atoms with Crippen molar-refractivity contribution in [1.29, 1.82) is 5.26 Å². The van der Waals surface area contributed by atoms with Gasteiger partial charge in [0.2, 0.25) is 5.91 Å². The van der Waals surface area contributed by atoms with E-state index in [4.69, 9.17) is 11.6 Å². The van der Waals surface area contributed by atoms with E-state index in [2.05, 4.69) is 20.6 Å². The summed E-state index contributed by atoms with van der Waals surface area (Å²) >= 11 is 6.41. The molecule has 0 spiro atoms. The maximum absolute atomic E-state index is 15.5. The fraction of sp³-hybridized carbons (Fsp3) is 0.227. The Kier molecular flexibility index (Phi) is 5.29. The van der Waals surface area contributed by atoms with Crippen LogP contribution in [0, 0.1) is 23.1 Å². The van der Waals surface area contributed by atoms with Crippen molar-refractivity contribution in [3.05, 3.63) is 41.4 Å². The average molecular weight is 500 g/mol. The third-order valence-corrected chi connectivity index (χ3v) is 6.19. The number of nitriles is 1. The Labute approximate surface area is 200 Å². The highest BCUT2D eigenvalue weighted by molar-refractivity contribution is 6.36. The molecular weight excluding hydrogens is 484 g/mol. The second-order valence-electron chi connectivity index (χ2n) is 8.13. The van der Waals surface area contributed by atoms with Crippen molar-refractivity contribution >= 4 is 51.5 Å². The number of hydrogen-bond donors (Lipinski definition) is 3. The zero-order chi connectivity index (χ0) is 25.0. The molecule has 1 aliphatic rings. The first-order valence-electron chi connectivity index (χ1n) is 10.4. The Balaban J connectivity index is 1.61. The fourth-order valence-electron chi connectivity index (χ4n) is 3.98. The summed E-state index contributed by atoms with van der Waals surface area (Å²) in [5, 5.41) is 32.2. The molecule has 3 N–H and O–H groups in total. The number of aromatic amines is 1. The van der Waals surface area contributed by atoms with Gasteiger partial charge < -0.3 is 10.4 Å². The van der Waals surface area contributed by atoms with Gasteiger partial charge in [0.05, 0.1) is 34.2 Å². The lowest BCUT2D eigenvalue weighted by molar-refractivity contribution is -0.117. The number of anilines is 2. The number of hydrogen-bond acceptors (Lipinski definition) is 5. The number of carbonyl (C=O) groups excluding carboxylic acids is 1. The number of fused-ring (bicyclic) bond motifs is 2. The van der Waals surface area contributed by atoms with Crippen LogP contribution in [0.25, 0.3) is 27.5 Å². The number of H-pyrrole nitrogens is 1. The fourth-order valence-corrected chi connectivity index (χ4v) is 4.28. The van der Waals surface area contributed by atoms with E-state index >= 15 is 4.39 Å². The highest BCUT2D eigenvalue weighted by Gasteiger charge is 2.43. The van der Waals surface area contributed by atoms with Gasteiger partial charge in [-0.2, -0.15) is 15.5 Å². The first-order valence-corrected chi connectivity index (χ1v) is 10.8. The zero-order valence-corrected chi connectivity index (χ0v) is 18.7. The highest BCUT2D eigenvalue weighted by atomic mass is 35.5. The number of benzene rings is 1. The Morgan fingerprint density at radius 2 is 2.20 bits per heavy atom. The first-order chi connectivity index (χ1) is 16.7. The van der Waals surface area contributed by atoms with E-state index in [-0.39, 0.29) is 28.3 Å². The van der Waals surface area contributed by atoms with Gasteiger partial charge in [0.15, 0.2) is 11.6 Å². The summed E-state index contributed by atoms with van der Waals surface area (Å²) in [5.74, 6) is -1.92. The molecule has 1 aromatic carbocycles. The van der Waals surface area contributed by atoms with E-state index < -0.39 is 41.6 Å². The molecule has 0 bridgehead atoms. The van der Waals surface area contributed by atoms with Gasteiger partial charge in [0, 0.05) is 23.2 Å². The number of nitrogens with one attached hydrogen (secondary N) is 2. The summed E-state index contributed by atoms with van der Waals surface area (Å²) in [7, 11) is 0. The number of halogens is 3. The molecule has 1 saturated carbocycles. The molecule has 1 unspecified atom stereocenters. The Bertz CT molecular complexity index is 1560. The van der Waals surface area contributed by atoms with Crippen molar-refractivity contribution in [2.75, 3.05) is 10.2 Å². The second-order valence-corrected chi connectivity index (χ2v) is 8.51. The molecule has 1 fully saturated rings. The maximum atomic E-state index is 15.5. The third kappa shape index (κ3) is 3.70. The Morgan fingerprint density at radius 3 is 2.86 bits per heavy atom. The predicted octanol–water partition coefficient (Wildman–Crippen LogP) is 4.36. The molecular formula is C22H16ClF2N7O3. The summed E-state index contributed by atoms with van der Waals surface area (Å²) in [6.07, 6.45) is 0.482. The molecule has 0 saturated heterocycles. The molecule has 2 amide bonds. The molecule has 4 aromatic rings. The lowest BCUT2D eigenvalue weighted by Crippen LogP contribution is -2.37. The monoisotopic (exact) mass is 499 g/mol. The minimum Gasteiger partial charge on any atom is -0.465 e. The van der Waals surface area contributed by atoms with Gasteiger partial charge in [0.1, 0.15) is 17.9 Å². The molecule has 0 aliphatic heterocycles. The molecule has 5 rings (SSSR count). The van der Waals surface area contributed by atoms with E-state index in [0.717, 1.165) is 0 Å². The summed E-state index contributed by atoms with van der Waals surface area (Å²) in [5.41, 5.74) is 0.901. The van der Waals surface area contributed by atoms with E-state index in [1.807, 2.05) is 0 Å². The minimum absolute atomic E-state index is 0.0537. The molecule has 3 aromatic heterocycles. The van der Waals surface area contributed by atoms with Crippen LogP contribution in [0.4, 0.5) is 25.1 Å². The van der Waals surface area contributed by atoms with Crippen molar-refractivity contribution in [3.63, 3.8) is 0 Å². The number of carbonyl (C=O) groups is 2. The summed E-state index contributed by atoms with van der Waals surface area (Å²) in [6.45, 7) is 1.32. The van der Waals surface area contributed by atoms with Crippen LogP contribution in [0.3, 0.4) is 0 Å². The predicted molar refractivity (Wildman–Crippen MR) is 122 cm³/mol. The number of rotatable bonds is 5. The van der Waals surface area contributed by atoms with Crippen LogP contribution >= 0.6 is 11.6 Å². The maximum Gasteiger partial charge on any atom is 0.413 e. The van der Waals surface area contributed by atoms with Crippen LogP contribution < -0.4 is 10.2 Å². The lowest BCUT2D eigenvalue weighted by Gasteiger charge is -2.24. The quantitative estimate of drug-likeness (QED) is 0.372. The third-order valence-electron chi connectivity index (χ3n) is 5.84. The number of pyridine rings is 1. The SMILES string of the molecule is CC(C#N)N(C(=O)O)c1c(F)c(Cl)c(-c2ccn3nc(NC(=O)[C@@H]4C[C@@H]4F)cc3c2)c2cn[nH]c12. The van der Waals surface area contributed by atoms with Crippen molar-refractivity contribution in [2.24, 2.45) is 5.92 Å². The molecule has 13 heteroatoms. The van der Waals surface area contributed by atoms with E-state index in [0.29, 0.717) is 21.4 Å². The van der Waals surface area contributed by atoms with Crippen molar-refractivity contribution in [1.82, 2.24) is 19.8 Å². The summed E-state index contributed by atoms with van der Waals surface area (Å²) in [4.78, 5) is 24.4. The summed E-state index contributed by atoms with van der Waals surface area (Å²) < 4.78 is 30.2. The molecule has 10 nitrogen and oxygen atoms in total. The Hall–Kier alpha value is -4.24. The Morgan fingerprint density at radius 1 is 1.46 bits per heavy atom. The van der Waals surface area contributed by atoms with Crippen LogP contribution in [0.15, 0.2) is 30.6 Å². The number of carboxylic acid groups (broad SMARTS) is 1. The van der Waals surface area contributed by atoms with E-state index in [1.54, 1.807) is 30.5 Å². The molecule has 35 heavy (non-hydrogen) atoms. The topological polar surface area (TPSA) is 139 Å². The number of aromatic nitrogens is 4. The van der Waals surface area contributed by atoms with E-state index in [1.165, 1.54) is 17.6 Å². The van der Waals surface area contributed by atoms with Gasteiger partial charge in [0.25, 0.3) is 0 Å². The van der Waals surface area contributed by atoms with Gasteiger partial charge in [-0.25, -0.2) is 18.1 Å². The van der Waals surface area contributed by atoms with Crippen molar-refractivity contribution in [3.8, 4) is 17.2 Å². The number of amides is 2. The standard InChI is InChI=1S/C22H16ClF2N7O3/c1-9(7-26)32(22(34)35)20-18(25)17(23)16(13-8-27-29-19(13)20)10-2-3-31-11(4-10)5-15(30-31)28-21(33)12-6-14(12)24/h2-5,8-9,12,14H,6H2,1H3,(H,27,29)(H,34,35)(H,28,30,33)/t9?,12-,14+/m1/s1.